The predicted octanol–water partition coefficient (Wildman–Crippen LogP) is 4.32. The molecule has 0 saturated heterocycles. The van der Waals surface area contributed by atoms with Crippen LogP contribution in [0.5, 0.6) is 0 Å². The van der Waals surface area contributed by atoms with Gasteiger partial charge in [0.2, 0.25) is 0 Å². The second-order valence-electron chi connectivity index (χ2n) is 7.74. The number of carboxylic acid groups (broad SMARTS) is 1. The average molecular weight is 559 g/mol. The molecule has 0 spiro atoms. The number of hydrogen-bond acceptors (Lipinski definition) is 7. The van der Waals surface area contributed by atoms with Crippen molar-refractivity contribution in [1.82, 2.24) is 5.32 Å². The minimum Gasteiger partial charge on any atom is -0.480 e. The molecule has 3 rings (SSSR count). The van der Waals surface area contributed by atoms with E-state index in [1.54, 1.807) is 30.3 Å². The molecule has 11 nitrogen and oxygen atoms in total. The van der Waals surface area contributed by atoms with E-state index in [4.69, 9.17) is 28.0 Å². The molecular weight excluding hydrogens is 539 g/mol. The van der Waals surface area contributed by atoms with Crippen molar-refractivity contribution in [2.24, 2.45) is 5.16 Å². The maximum Gasteiger partial charge on any atom is 0.326 e. The minimum atomic E-state index is -1.34. The van der Waals surface area contributed by atoms with Gasteiger partial charge in [-0.1, -0.05) is 46.6 Å². The van der Waals surface area contributed by atoms with E-state index in [1.165, 1.54) is 43.5 Å². The highest BCUT2D eigenvalue weighted by atomic mass is 35.5. The summed E-state index contributed by atoms with van der Waals surface area (Å²) >= 11 is 12.1. The molecule has 0 aliphatic carbocycles. The first-order valence-corrected chi connectivity index (χ1v) is 11.6. The highest BCUT2D eigenvalue weighted by Crippen LogP contribution is 2.25. The summed E-state index contributed by atoms with van der Waals surface area (Å²) in [6, 6.07) is 14.6. The fraction of sp³-hybridized carbons (Fsp3) is 0.120. The number of hydrogen-bond donors (Lipinski definition) is 3. The molecule has 1 atom stereocenters. The molecule has 0 fully saturated rings. The Bertz CT molecular complexity index is 1370. The Hall–Kier alpha value is -4.48. The zero-order valence-electron chi connectivity index (χ0n) is 19.7. The molecular formula is C25H20Cl2N4O7. The number of nitrogens with zero attached hydrogens (tertiary/aromatic N) is 2. The van der Waals surface area contributed by atoms with Crippen LogP contribution in [0.1, 0.15) is 21.5 Å². The Labute approximate surface area is 226 Å². The van der Waals surface area contributed by atoms with Gasteiger partial charge in [0.25, 0.3) is 17.5 Å². The smallest absolute Gasteiger partial charge is 0.326 e. The standard InChI is InChI=1S/C25H20Cl2N4O7/c1-38-30-22(15-7-11-17(12-8-15)31(36)37)24(33)29-20(25(34)35)13-14-5-9-16(10-6-14)28-23(32)21-18(26)3-2-4-19(21)27/h2-12,20H,13H2,1H3,(H,28,32)(H,29,33)(H,34,35)/t20-/m0/s1. The van der Waals surface area contributed by atoms with Crippen molar-refractivity contribution >= 4 is 58.1 Å². The summed E-state index contributed by atoms with van der Waals surface area (Å²) in [6.07, 6.45) is -0.0911. The third kappa shape index (κ3) is 7.05. The van der Waals surface area contributed by atoms with Crippen molar-refractivity contribution in [3.63, 3.8) is 0 Å². The lowest BCUT2D eigenvalue weighted by Crippen LogP contribution is -2.45. The zero-order chi connectivity index (χ0) is 27.8. The fourth-order valence-corrected chi connectivity index (χ4v) is 3.92. The van der Waals surface area contributed by atoms with Crippen molar-refractivity contribution in [3.05, 3.63) is 104 Å². The van der Waals surface area contributed by atoms with Gasteiger partial charge in [0.15, 0.2) is 5.71 Å². The summed E-state index contributed by atoms with van der Waals surface area (Å²) in [4.78, 5) is 52.2. The molecule has 0 aliphatic heterocycles. The van der Waals surface area contributed by atoms with Gasteiger partial charge in [0.05, 0.1) is 20.5 Å². The van der Waals surface area contributed by atoms with Crippen LogP contribution in [0, 0.1) is 10.1 Å². The Balaban J connectivity index is 1.71. The first-order valence-electron chi connectivity index (χ1n) is 10.8. The van der Waals surface area contributed by atoms with E-state index in [1.807, 2.05) is 0 Å². The van der Waals surface area contributed by atoms with Gasteiger partial charge < -0.3 is 20.6 Å². The van der Waals surface area contributed by atoms with Crippen molar-refractivity contribution < 1.29 is 29.3 Å². The highest BCUT2D eigenvalue weighted by molar-refractivity contribution is 6.45. The number of benzene rings is 3. The normalized spacial score (nSPS) is 11.8. The van der Waals surface area contributed by atoms with Crippen LogP contribution in [0.3, 0.4) is 0 Å². The number of carbonyl (C=O) groups excluding carboxylic acids is 2. The molecule has 3 aromatic rings. The molecule has 38 heavy (non-hydrogen) atoms. The van der Waals surface area contributed by atoms with Crippen molar-refractivity contribution in [3.8, 4) is 0 Å². The van der Waals surface area contributed by atoms with Gasteiger partial charge in [0.1, 0.15) is 13.2 Å². The van der Waals surface area contributed by atoms with Gasteiger partial charge in [-0.05, 0) is 42.0 Å². The molecule has 0 radical (unpaired) electrons. The second kappa shape index (κ2) is 12.7. The number of oxime groups is 1. The molecule has 0 aliphatic rings. The highest BCUT2D eigenvalue weighted by Gasteiger charge is 2.25. The monoisotopic (exact) mass is 558 g/mol. The van der Waals surface area contributed by atoms with Gasteiger partial charge >= 0.3 is 5.97 Å². The third-order valence-electron chi connectivity index (χ3n) is 5.19. The van der Waals surface area contributed by atoms with Crippen LogP contribution in [0.25, 0.3) is 0 Å². The number of anilines is 1. The molecule has 2 amide bonds. The molecule has 0 heterocycles. The number of aliphatic carboxylic acids is 1. The Morgan fingerprint density at radius 1 is 1.03 bits per heavy atom. The number of carboxylic acids is 1. The maximum atomic E-state index is 12.8. The summed E-state index contributed by atoms with van der Waals surface area (Å²) in [5.74, 6) is -2.67. The Morgan fingerprint density at radius 3 is 2.16 bits per heavy atom. The van der Waals surface area contributed by atoms with Crippen LogP contribution in [-0.2, 0) is 20.8 Å². The Morgan fingerprint density at radius 2 is 1.63 bits per heavy atom. The quantitative estimate of drug-likeness (QED) is 0.189. The van der Waals surface area contributed by atoms with Crippen molar-refractivity contribution in [1.29, 1.82) is 0 Å². The molecule has 13 heteroatoms. The largest absolute Gasteiger partial charge is 0.480 e. The lowest BCUT2D eigenvalue weighted by Gasteiger charge is -2.16. The molecule has 0 bridgehead atoms. The fourth-order valence-electron chi connectivity index (χ4n) is 3.35. The van der Waals surface area contributed by atoms with Gasteiger partial charge in [-0.3, -0.25) is 19.7 Å². The van der Waals surface area contributed by atoms with Crippen LogP contribution in [-0.4, -0.2) is 46.7 Å². The third-order valence-corrected chi connectivity index (χ3v) is 5.82. The molecule has 3 aromatic carbocycles. The van der Waals surface area contributed by atoms with Gasteiger partial charge in [-0.25, -0.2) is 4.79 Å². The summed E-state index contributed by atoms with van der Waals surface area (Å²) in [5.41, 5.74) is 0.826. The topological polar surface area (TPSA) is 160 Å². The van der Waals surface area contributed by atoms with E-state index in [0.29, 0.717) is 11.3 Å². The zero-order valence-corrected chi connectivity index (χ0v) is 21.2. The van der Waals surface area contributed by atoms with E-state index in [9.17, 15) is 29.6 Å². The number of halogens is 2. The molecule has 0 aromatic heterocycles. The first kappa shape index (κ1) is 28.1. The molecule has 3 N–H and O–H groups in total. The van der Waals surface area contributed by atoms with Gasteiger partial charge in [-0.2, -0.15) is 0 Å². The van der Waals surface area contributed by atoms with Crippen LogP contribution in [0.15, 0.2) is 71.9 Å². The van der Waals surface area contributed by atoms with Crippen LogP contribution in [0.2, 0.25) is 10.0 Å². The van der Waals surface area contributed by atoms with Gasteiger partial charge in [0, 0.05) is 29.8 Å². The summed E-state index contributed by atoms with van der Waals surface area (Å²) in [7, 11) is 1.20. The van der Waals surface area contributed by atoms with E-state index < -0.39 is 28.7 Å². The number of nitrogens with one attached hydrogen (secondary N) is 2. The molecule has 0 unspecified atom stereocenters. The Kier molecular flexibility index (Phi) is 9.36. The van der Waals surface area contributed by atoms with Crippen molar-refractivity contribution in [2.45, 2.75) is 12.5 Å². The number of non-ortho nitro benzene ring substituents is 1. The second-order valence-corrected chi connectivity index (χ2v) is 8.56. The minimum absolute atomic E-state index is 0.0911. The predicted molar refractivity (Wildman–Crippen MR) is 141 cm³/mol. The van der Waals surface area contributed by atoms with E-state index in [2.05, 4.69) is 15.8 Å². The number of nitro groups is 1. The number of carbonyl (C=O) groups is 3. The first-order chi connectivity index (χ1) is 18.1. The van der Waals surface area contributed by atoms with Crippen molar-refractivity contribution in [2.75, 3.05) is 12.4 Å². The molecule has 196 valence electrons. The van der Waals surface area contributed by atoms with Gasteiger partial charge in [-0.15, -0.1) is 0 Å². The van der Waals surface area contributed by atoms with E-state index >= 15 is 0 Å². The number of nitro benzene ring substituents is 1. The lowest BCUT2D eigenvalue weighted by atomic mass is 10.0. The number of rotatable bonds is 10. The van der Waals surface area contributed by atoms with Crippen LogP contribution in [0.4, 0.5) is 11.4 Å². The molecule has 0 saturated carbocycles. The van der Waals surface area contributed by atoms with Crippen LogP contribution < -0.4 is 10.6 Å². The van der Waals surface area contributed by atoms with E-state index in [-0.39, 0.29) is 39.0 Å². The lowest BCUT2D eigenvalue weighted by molar-refractivity contribution is -0.384. The maximum absolute atomic E-state index is 12.8. The van der Waals surface area contributed by atoms with E-state index in [0.717, 1.165) is 0 Å². The summed E-state index contributed by atoms with van der Waals surface area (Å²) < 4.78 is 0. The van der Waals surface area contributed by atoms with Crippen LogP contribution >= 0.6 is 23.2 Å². The summed E-state index contributed by atoms with van der Waals surface area (Å²) in [6.45, 7) is 0. The number of amides is 2. The average Bonchev–Trinajstić information content (AvgIpc) is 2.87. The summed E-state index contributed by atoms with van der Waals surface area (Å²) in [5, 5.41) is 29.6. The SMILES string of the molecule is CON=C(C(=O)N[C@@H](Cc1ccc(NC(=O)c2c(Cl)cccc2Cl)cc1)C(=O)O)c1ccc([N+](=O)[O-])cc1.